The molecule has 0 aliphatic carbocycles. The smallest absolute Gasteiger partial charge is 0.220 e. The third-order valence-electron chi connectivity index (χ3n) is 14.3. The van der Waals surface area contributed by atoms with Crippen molar-refractivity contribution in [1.82, 2.24) is 5.32 Å². The minimum atomic E-state index is -0.656. The Hall–Kier alpha value is -0.870. The van der Waals surface area contributed by atoms with Crippen molar-refractivity contribution in [2.45, 2.75) is 360 Å². The molecule has 3 N–H and O–H groups in total. The van der Waals surface area contributed by atoms with Crippen LogP contribution < -0.4 is 5.32 Å². The molecule has 0 fully saturated rings. The van der Waals surface area contributed by atoms with E-state index in [2.05, 4.69) is 31.3 Å². The second-order valence-corrected chi connectivity index (χ2v) is 20.8. The van der Waals surface area contributed by atoms with Crippen LogP contribution >= 0.6 is 0 Å². The molecule has 382 valence electrons. The molecule has 0 heterocycles. The fraction of sp³-hybridized carbons (Fsp3) is 0.950. The number of nitrogens with one attached hydrogen (secondary N) is 1. The maximum Gasteiger partial charge on any atom is 0.220 e. The second kappa shape index (κ2) is 56.5. The first-order valence-electron chi connectivity index (χ1n) is 29.9. The lowest BCUT2D eigenvalue weighted by Crippen LogP contribution is -2.45. The summed E-state index contributed by atoms with van der Waals surface area (Å²) in [5.74, 6) is -0.0228. The van der Waals surface area contributed by atoms with Crippen LogP contribution in [0.15, 0.2) is 12.2 Å². The van der Waals surface area contributed by atoms with Crippen LogP contribution in [-0.2, 0) is 4.79 Å². The van der Waals surface area contributed by atoms with Gasteiger partial charge in [0.15, 0.2) is 0 Å². The molecule has 2 unspecified atom stereocenters. The maximum atomic E-state index is 12.5. The zero-order chi connectivity index (χ0) is 46.3. The first-order chi connectivity index (χ1) is 31.7. The van der Waals surface area contributed by atoms with Gasteiger partial charge in [0, 0.05) is 6.42 Å². The third kappa shape index (κ3) is 52.1. The second-order valence-electron chi connectivity index (χ2n) is 20.8. The minimum Gasteiger partial charge on any atom is -0.394 e. The van der Waals surface area contributed by atoms with Crippen molar-refractivity contribution in [1.29, 1.82) is 0 Å². The normalized spacial score (nSPS) is 12.8. The van der Waals surface area contributed by atoms with Crippen molar-refractivity contribution in [2.24, 2.45) is 0 Å². The van der Waals surface area contributed by atoms with E-state index < -0.39 is 12.1 Å². The Morgan fingerprint density at radius 1 is 0.359 bits per heavy atom. The molecular formula is C60H119NO3. The van der Waals surface area contributed by atoms with E-state index in [4.69, 9.17) is 0 Å². The highest BCUT2D eigenvalue weighted by Gasteiger charge is 2.20. The van der Waals surface area contributed by atoms with Crippen molar-refractivity contribution in [2.75, 3.05) is 6.61 Å². The molecule has 4 nitrogen and oxygen atoms in total. The summed E-state index contributed by atoms with van der Waals surface area (Å²) in [5.41, 5.74) is 0. The van der Waals surface area contributed by atoms with E-state index >= 15 is 0 Å². The summed E-state index contributed by atoms with van der Waals surface area (Å²) in [6, 6.07) is -0.533. The zero-order valence-corrected chi connectivity index (χ0v) is 44.1. The van der Waals surface area contributed by atoms with Crippen molar-refractivity contribution in [3.05, 3.63) is 12.2 Å². The Kier molecular flexibility index (Phi) is 55.7. The molecule has 0 aliphatic rings. The Balaban J connectivity index is 3.38. The summed E-state index contributed by atoms with van der Waals surface area (Å²) < 4.78 is 0. The van der Waals surface area contributed by atoms with Gasteiger partial charge < -0.3 is 15.5 Å². The summed E-state index contributed by atoms with van der Waals surface area (Å²) in [4.78, 5) is 12.5. The van der Waals surface area contributed by atoms with Crippen LogP contribution in [0.2, 0.25) is 0 Å². The molecular weight excluding hydrogens is 783 g/mol. The average molecular weight is 903 g/mol. The van der Waals surface area contributed by atoms with E-state index in [-0.39, 0.29) is 12.5 Å². The predicted octanol–water partition coefficient (Wildman–Crippen LogP) is 19.7. The maximum absolute atomic E-state index is 12.5. The lowest BCUT2D eigenvalue weighted by Gasteiger charge is -2.22. The number of allylic oxidation sites excluding steroid dienone is 2. The first-order valence-corrected chi connectivity index (χ1v) is 29.9. The van der Waals surface area contributed by atoms with E-state index in [1.165, 1.54) is 295 Å². The fourth-order valence-corrected chi connectivity index (χ4v) is 9.71. The SMILES string of the molecule is CCCCCCCCCC/C=C\CCCCCCCCCCCCCCCCCCCCCCCC(=O)NC(CO)C(O)CCCCCCCCCCCCCCCCCCCCC. The molecule has 64 heavy (non-hydrogen) atoms. The number of aliphatic hydroxyl groups is 2. The summed E-state index contributed by atoms with van der Waals surface area (Å²) >= 11 is 0. The van der Waals surface area contributed by atoms with Gasteiger partial charge in [0.25, 0.3) is 0 Å². The van der Waals surface area contributed by atoms with Crippen LogP contribution in [0, 0.1) is 0 Å². The third-order valence-corrected chi connectivity index (χ3v) is 14.3. The standard InChI is InChI=1S/C60H119NO3/c1-3-5-7-9-11-13-15-17-19-21-23-24-25-26-27-28-29-30-31-32-33-34-35-36-38-40-42-44-46-48-50-52-54-56-60(64)61-58(57-62)59(63)55-53-51-49-47-45-43-41-39-37-22-20-18-16-14-12-10-8-6-4-2/h21,23,58-59,62-63H,3-20,22,24-57H2,1-2H3,(H,61,64)/b23-21-. The van der Waals surface area contributed by atoms with E-state index in [1.807, 2.05) is 0 Å². The summed E-state index contributed by atoms with van der Waals surface area (Å²) in [5, 5.41) is 23.4. The van der Waals surface area contributed by atoms with Crippen LogP contribution in [0.1, 0.15) is 348 Å². The summed E-state index contributed by atoms with van der Waals surface area (Å²) in [6.45, 7) is 4.40. The molecule has 0 aromatic rings. The van der Waals surface area contributed by atoms with Gasteiger partial charge in [-0.3, -0.25) is 4.79 Å². The number of carbonyl (C=O) groups is 1. The van der Waals surface area contributed by atoms with E-state index in [9.17, 15) is 15.0 Å². The van der Waals surface area contributed by atoms with Crippen LogP contribution in [0.3, 0.4) is 0 Å². The number of amides is 1. The van der Waals surface area contributed by atoms with Crippen LogP contribution in [0.25, 0.3) is 0 Å². The van der Waals surface area contributed by atoms with Gasteiger partial charge in [-0.05, 0) is 38.5 Å². The van der Waals surface area contributed by atoms with Crippen molar-refractivity contribution in [3.63, 3.8) is 0 Å². The van der Waals surface area contributed by atoms with Gasteiger partial charge in [0.2, 0.25) is 5.91 Å². The molecule has 0 aromatic heterocycles. The van der Waals surface area contributed by atoms with Gasteiger partial charge >= 0.3 is 0 Å². The van der Waals surface area contributed by atoms with Crippen LogP contribution in [-0.4, -0.2) is 34.9 Å². The van der Waals surface area contributed by atoms with Gasteiger partial charge in [-0.2, -0.15) is 0 Å². The molecule has 0 saturated heterocycles. The van der Waals surface area contributed by atoms with E-state index in [1.54, 1.807) is 0 Å². The van der Waals surface area contributed by atoms with Gasteiger partial charge in [0.05, 0.1) is 18.8 Å². The lowest BCUT2D eigenvalue weighted by molar-refractivity contribution is -0.123. The number of unbranched alkanes of at least 4 members (excludes halogenated alkanes) is 47. The quantitative estimate of drug-likeness (QED) is 0.0421. The highest BCUT2D eigenvalue weighted by molar-refractivity contribution is 5.76. The molecule has 0 bridgehead atoms. The lowest BCUT2D eigenvalue weighted by atomic mass is 10.0. The molecule has 1 amide bonds. The zero-order valence-electron chi connectivity index (χ0n) is 44.1. The molecule has 0 saturated carbocycles. The average Bonchev–Trinajstić information content (AvgIpc) is 3.30. The van der Waals surface area contributed by atoms with Crippen molar-refractivity contribution >= 4 is 5.91 Å². The fourth-order valence-electron chi connectivity index (χ4n) is 9.71. The highest BCUT2D eigenvalue weighted by atomic mass is 16.3. The van der Waals surface area contributed by atoms with Gasteiger partial charge in [-0.15, -0.1) is 0 Å². The Labute approximate surface area is 403 Å². The monoisotopic (exact) mass is 902 g/mol. The Morgan fingerprint density at radius 3 is 0.859 bits per heavy atom. The first kappa shape index (κ1) is 63.1. The molecule has 0 aromatic carbocycles. The summed E-state index contributed by atoms with van der Waals surface area (Å²) in [7, 11) is 0. The van der Waals surface area contributed by atoms with E-state index in [0.717, 1.165) is 25.7 Å². The van der Waals surface area contributed by atoms with Gasteiger partial charge in [-0.25, -0.2) is 0 Å². The van der Waals surface area contributed by atoms with Crippen molar-refractivity contribution < 1.29 is 15.0 Å². The molecule has 0 radical (unpaired) electrons. The summed E-state index contributed by atoms with van der Waals surface area (Å²) in [6.07, 6.45) is 73.6. The van der Waals surface area contributed by atoms with E-state index in [0.29, 0.717) is 12.8 Å². The predicted molar refractivity (Wildman–Crippen MR) is 286 cm³/mol. The topological polar surface area (TPSA) is 69.6 Å². The number of aliphatic hydroxyl groups excluding tert-OH is 2. The van der Waals surface area contributed by atoms with Crippen LogP contribution in [0.4, 0.5) is 0 Å². The molecule has 4 heteroatoms. The number of rotatable bonds is 56. The highest BCUT2D eigenvalue weighted by Crippen LogP contribution is 2.18. The largest absolute Gasteiger partial charge is 0.394 e. The molecule has 2 atom stereocenters. The van der Waals surface area contributed by atoms with Gasteiger partial charge in [0.1, 0.15) is 0 Å². The molecule has 0 spiro atoms. The Bertz CT molecular complexity index is 890. The van der Waals surface area contributed by atoms with Gasteiger partial charge in [-0.1, -0.05) is 315 Å². The number of carbonyl (C=O) groups excluding carboxylic acids is 1. The molecule has 0 rings (SSSR count). The molecule has 0 aliphatic heterocycles. The number of hydrogen-bond donors (Lipinski definition) is 3. The van der Waals surface area contributed by atoms with Crippen molar-refractivity contribution in [3.8, 4) is 0 Å². The number of hydrogen-bond acceptors (Lipinski definition) is 3. The Morgan fingerprint density at radius 2 is 0.594 bits per heavy atom. The minimum absolute atomic E-state index is 0.0228. The van der Waals surface area contributed by atoms with Crippen LogP contribution in [0.5, 0.6) is 0 Å².